The molecule has 1 aliphatic rings. The van der Waals surface area contributed by atoms with Crippen LogP contribution in [0.25, 0.3) is 5.82 Å². The second kappa shape index (κ2) is 4.92. The number of hydrogen-bond acceptors (Lipinski definition) is 5. The van der Waals surface area contributed by atoms with E-state index in [9.17, 15) is 4.79 Å². The van der Waals surface area contributed by atoms with Crippen molar-refractivity contribution in [3.63, 3.8) is 0 Å². The summed E-state index contributed by atoms with van der Waals surface area (Å²) in [5, 5.41) is 7.21. The lowest BCUT2D eigenvalue weighted by Gasteiger charge is -2.08. The van der Waals surface area contributed by atoms with Crippen LogP contribution in [0.5, 0.6) is 0 Å². The largest absolute Gasteiger partial charge is 0.447 e. The highest BCUT2D eigenvalue weighted by atomic mass is 16.6. The van der Waals surface area contributed by atoms with Crippen LogP contribution in [0, 0.1) is 0 Å². The number of cyclic esters (lactones) is 1. The average Bonchev–Trinajstić information content (AvgIpc) is 3.05. The molecule has 7 heteroatoms. The van der Waals surface area contributed by atoms with Crippen molar-refractivity contribution in [3.05, 3.63) is 36.0 Å². The molecule has 1 aliphatic heterocycles. The first kappa shape index (κ1) is 12.6. The molecule has 0 bridgehead atoms. The summed E-state index contributed by atoms with van der Waals surface area (Å²) in [7, 11) is 0. The smallest absolute Gasteiger partial charge is 0.407 e. The van der Waals surface area contributed by atoms with E-state index >= 15 is 0 Å². The van der Waals surface area contributed by atoms with Gasteiger partial charge < -0.3 is 10.1 Å². The SMILES string of the molecule is CC(C)c1nc([C@H]2COC(=O)N2)n(-c2ccccn2)n1. The third-order valence-electron chi connectivity index (χ3n) is 3.02. The highest BCUT2D eigenvalue weighted by Crippen LogP contribution is 2.21. The van der Waals surface area contributed by atoms with Gasteiger partial charge in [0.05, 0.1) is 0 Å². The maximum atomic E-state index is 11.2. The monoisotopic (exact) mass is 273 g/mol. The fourth-order valence-corrected chi connectivity index (χ4v) is 1.98. The highest BCUT2D eigenvalue weighted by molar-refractivity contribution is 5.69. The van der Waals surface area contributed by atoms with Crippen LogP contribution in [0.4, 0.5) is 4.79 Å². The predicted molar refractivity (Wildman–Crippen MR) is 70.5 cm³/mol. The molecule has 1 atom stereocenters. The van der Waals surface area contributed by atoms with Crippen LogP contribution in [0.1, 0.15) is 37.5 Å². The topological polar surface area (TPSA) is 81.9 Å². The maximum absolute atomic E-state index is 11.2. The molecule has 0 unspecified atom stereocenters. The van der Waals surface area contributed by atoms with Gasteiger partial charge in [0.15, 0.2) is 17.5 Å². The van der Waals surface area contributed by atoms with Crippen molar-refractivity contribution in [1.29, 1.82) is 0 Å². The average molecular weight is 273 g/mol. The summed E-state index contributed by atoms with van der Waals surface area (Å²) in [5.41, 5.74) is 0. The van der Waals surface area contributed by atoms with Crippen LogP contribution < -0.4 is 5.32 Å². The fraction of sp³-hybridized carbons (Fsp3) is 0.385. The van der Waals surface area contributed by atoms with Gasteiger partial charge in [0.2, 0.25) is 0 Å². The van der Waals surface area contributed by atoms with Crippen LogP contribution in [0.3, 0.4) is 0 Å². The Balaban J connectivity index is 2.05. The molecule has 0 spiro atoms. The van der Waals surface area contributed by atoms with Gasteiger partial charge >= 0.3 is 6.09 Å². The minimum Gasteiger partial charge on any atom is -0.447 e. The number of hydrogen-bond donors (Lipinski definition) is 1. The third kappa shape index (κ3) is 2.22. The predicted octanol–water partition coefficient (Wildman–Crippen LogP) is 1.57. The number of pyridine rings is 1. The zero-order chi connectivity index (χ0) is 14.1. The Bertz CT molecular complexity index is 623. The molecule has 0 aromatic carbocycles. The minimum absolute atomic E-state index is 0.191. The molecule has 1 fully saturated rings. The Kier molecular flexibility index (Phi) is 3.09. The summed E-state index contributed by atoms with van der Waals surface area (Å²) in [5.74, 6) is 2.21. The van der Waals surface area contributed by atoms with Gasteiger partial charge in [-0.05, 0) is 12.1 Å². The molecule has 7 nitrogen and oxygen atoms in total. The van der Waals surface area contributed by atoms with Crippen molar-refractivity contribution in [2.75, 3.05) is 6.61 Å². The summed E-state index contributed by atoms with van der Waals surface area (Å²) in [6.07, 6.45) is 1.26. The molecular weight excluding hydrogens is 258 g/mol. The second-order valence-corrected chi connectivity index (χ2v) is 4.88. The number of amides is 1. The molecule has 2 aromatic rings. The molecular formula is C13H15N5O2. The van der Waals surface area contributed by atoms with E-state index in [1.807, 2.05) is 32.0 Å². The van der Waals surface area contributed by atoms with Crippen LogP contribution in [-0.4, -0.2) is 32.4 Å². The first-order valence-corrected chi connectivity index (χ1v) is 6.46. The fourth-order valence-electron chi connectivity index (χ4n) is 1.98. The van der Waals surface area contributed by atoms with E-state index in [4.69, 9.17) is 4.74 Å². The quantitative estimate of drug-likeness (QED) is 0.917. The summed E-state index contributed by atoms with van der Waals surface area (Å²) in [6.45, 7) is 4.29. The number of nitrogens with one attached hydrogen (secondary N) is 1. The molecule has 1 N–H and O–H groups in total. The molecule has 3 heterocycles. The van der Waals surface area contributed by atoms with Crippen molar-refractivity contribution >= 4 is 6.09 Å². The summed E-state index contributed by atoms with van der Waals surface area (Å²) in [6, 6.07) is 5.26. The molecule has 3 rings (SSSR count). The van der Waals surface area contributed by atoms with Gasteiger partial charge in [-0.2, -0.15) is 4.68 Å². The first-order valence-electron chi connectivity index (χ1n) is 6.46. The Hall–Kier alpha value is -2.44. The lowest BCUT2D eigenvalue weighted by atomic mass is 10.2. The van der Waals surface area contributed by atoms with Gasteiger partial charge in [0.25, 0.3) is 0 Å². The number of aromatic nitrogens is 4. The number of alkyl carbamates (subject to hydrolysis) is 1. The third-order valence-corrected chi connectivity index (χ3v) is 3.02. The number of ether oxygens (including phenoxy) is 1. The van der Waals surface area contributed by atoms with Crippen molar-refractivity contribution < 1.29 is 9.53 Å². The number of nitrogens with zero attached hydrogens (tertiary/aromatic N) is 4. The summed E-state index contributed by atoms with van der Waals surface area (Å²) >= 11 is 0. The van der Waals surface area contributed by atoms with Gasteiger partial charge in [-0.3, -0.25) is 0 Å². The summed E-state index contributed by atoms with van der Waals surface area (Å²) < 4.78 is 6.59. The van der Waals surface area contributed by atoms with E-state index in [0.29, 0.717) is 17.5 Å². The normalized spacial score (nSPS) is 18.1. The van der Waals surface area contributed by atoms with Gasteiger partial charge in [0, 0.05) is 12.1 Å². The lowest BCUT2D eigenvalue weighted by Crippen LogP contribution is -2.22. The molecule has 20 heavy (non-hydrogen) atoms. The van der Waals surface area contributed by atoms with Gasteiger partial charge in [-0.25, -0.2) is 14.8 Å². The molecule has 2 aromatic heterocycles. The van der Waals surface area contributed by atoms with E-state index in [1.165, 1.54) is 0 Å². The minimum atomic E-state index is -0.434. The second-order valence-electron chi connectivity index (χ2n) is 4.88. The van der Waals surface area contributed by atoms with Crippen molar-refractivity contribution in [1.82, 2.24) is 25.1 Å². The number of carbonyl (C=O) groups is 1. The zero-order valence-corrected chi connectivity index (χ0v) is 11.3. The van der Waals surface area contributed by atoms with Crippen LogP contribution >= 0.6 is 0 Å². The molecule has 104 valence electrons. The van der Waals surface area contributed by atoms with Gasteiger partial charge in [-0.1, -0.05) is 19.9 Å². The Morgan fingerprint density at radius 1 is 1.45 bits per heavy atom. The molecule has 0 saturated carbocycles. The van der Waals surface area contributed by atoms with E-state index in [-0.39, 0.29) is 18.6 Å². The molecule has 1 saturated heterocycles. The Labute approximate surface area is 116 Å². The van der Waals surface area contributed by atoms with Gasteiger partial charge in [-0.15, -0.1) is 5.10 Å². The zero-order valence-electron chi connectivity index (χ0n) is 11.3. The Morgan fingerprint density at radius 3 is 2.90 bits per heavy atom. The summed E-state index contributed by atoms with van der Waals surface area (Å²) in [4.78, 5) is 20.0. The molecule has 0 radical (unpaired) electrons. The standard InChI is InChI=1S/C13H15N5O2/c1-8(2)11-16-12(9-7-20-13(19)15-9)18(17-11)10-5-3-4-6-14-10/h3-6,8-9H,7H2,1-2H3,(H,15,19)/t9-/m1/s1. The van der Waals surface area contributed by atoms with E-state index in [0.717, 1.165) is 0 Å². The van der Waals surface area contributed by atoms with E-state index < -0.39 is 6.09 Å². The number of carbonyl (C=O) groups excluding carboxylic acids is 1. The maximum Gasteiger partial charge on any atom is 0.407 e. The Morgan fingerprint density at radius 2 is 2.30 bits per heavy atom. The van der Waals surface area contributed by atoms with Crippen LogP contribution in [-0.2, 0) is 4.74 Å². The number of rotatable bonds is 3. The molecule has 1 amide bonds. The van der Waals surface area contributed by atoms with Gasteiger partial charge in [0.1, 0.15) is 12.6 Å². The van der Waals surface area contributed by atoms with Crippen molar-refractivity contribution in [3.8, 4) is 5.82 Å². The molecule has 0 aliphatic carbocycles. The first-order chi connectivity index (χ1) is 9.65. The highest BCUT2D eigenvalue weighted by Gasteiger charge is 2.30. The lowest BCUT2D eigenvalue weighted by molar-refractivity contribution is 0.176. The van der Waals surface area contributed by atoms with Crippen molar-refractivity contribution in [2.24, 2.45) is 0 Å². The van der Waals surface area contributed by atoms with Crippen molar-refractivity contribution in [2.45, 2.75) is 25.8 Å². The van der Waals surface area contributed by atoms with Crippen LogP contribution in [0.2, 0.25) is 0 Å². The van der Waals surface area contributed by atoms with E-state index in [1.54, 1.807) is 10.9 Å². The van der Waals surface area contributed by atoms with Crippen LogP contribution in [0.15, 0.2) is 24.4 Å². The van der Waals surface area contributed by atoms with E-state index in [2.05, 4.69) is 20.4 Å².